The van der Waals surface area contributed by atoms with Crippen LogP contribution in [0.15, 0.2) is 24.3 Å². The molecular formula is C17H30N4O. The molecule has 0 heterocycles. The molecule has 124 valence electrons. The van der Waals surface area contributed by atoms with Gasteiger partial charge in [-0.3, -0.25) is 4.79 Å². The van der Waals surface area contributed by atoms with Crippen LogP contribution in [0.25, 0.3) is 0 Å². The zero-order chi connectivity index (χ0) is 16.4. The van der Waals surface area contributed by atoms with Crippen LogP contribution in [0.1, 0.15) is 20.3 Å². The van der Waals surface area contributed by atoms with Gasteiger partial charge in [0, 0.05) is 50.5 Å². The number of likely N-dealkylation sites (N-methyl/N-ethyl adjacent to an activating group) is 1. The highest BCUT2D eigenvalue weighted by Crippen LogP contribution is 2.17. The predicted octanol–water partition coefficient (Wildman–Crippen LogP) is 2.01. The van der Waals surface area contributed by atoms with E-state index in [0.29, 0.717) is 13.0 Å². The fourth-order valence-electron chi connectivity index (χ4n) is 2.20. The van der Waals surface area contributed by atoms with Crippen LogP contribution in [0.5, 0.6) is 0 Å². The fraction of sp³-hybridized carbons (Fsp3) is 0.588. The third-order valence-corrected chi connectivity index (χ3v) is 3.54. The summed E-state index contributed by atoms with van der Waals surface area (Å²) in [6, 6.07) is 8.03. The summed E-state index contributed by atoms with van der Waals surface area (Å²) in [6.45, 7) is 8.84. The van der Waals surface area contributed by atoms with Gasteiger partial charge < -0.3 is 20.4 Å². The zero-order valence-corrected chi connectivity index (χ0v) is 14.4. The van der Waals surface area contributed by atoms with E-state index in [1.165, 1.54) is 5.69 Å². The van der Waals surface area contributed by atoms with Crippen molar-refractivity contribution in [1.82, 2.24) is 10.2 Å². The lowest BCUT2D eigenvalue weighted by atomic mass is 10.2. The molecule has 0 aliphatic rings. The number of carbonyl (C=O) groups excluding carboxylic acids is 1. The molecule has 0 saturated carbocycles. The third kappa shape index (κ3) is 6.91. The molecule has 1 aromatic carbocycles. The number of rotatable bonds is 10. The standard InChI is InChI=1S/C17H30N4O/c1-5-21(6-2)16-9-7-15(8-10-16)19-17(22)11-12-18-13-14-20(3)4/h7-10,18H,5-6,11-14H2,1-4H3,(H,19,22). The van der Waals surface area contributed by atoms with E-state index < -0.39 is 0 Å². The van der Waals surface area contributed by atoms with Gasteiger partial charge in [-0.25, -0.2) is 0 Å². The van der Waals surface area contributed by atoms with Crippen LogP contribution < -0.4 is 15.5 Å². The number of anilines is 2. The maximum absolute atomic E-state index is 11.9. The molecule has 0 aliphatic heterocycles. The van der Waals surface area contributed by atoms with E-state index in [4.69, 9.17) is 0 Å². The number of hydrogen-bond acceptors (Lipinski definition) is 4. The summed E-state index contributed by atoms with van der Waals surface area (Å²) in [5.41, 5.74) is 2.04. The lowest BCUT2D eigenvalue weighted by Crippen LogP contribution is -2.29. The average Bonchev–Trinajstić information content (AvgIpc) is 2.49. The van der Waals surface area contributed by atoms with Crippen molar-refractivity contribution in [3.05, 3.63) is 24.3 Å². The number of hydrogen-bond donors (Lipinski definition) is 2. The summed E-state index contributed by atoms with van der Waals surface area (Å²) in [6.07, 6.45) is 0.491. The van der Waals surface area contributed by atoms with Crippen molar-refractivity contribution in [2.24, 2.45) is 0 Å². The second-order valence-corrected chi connectivity index (χ2v) is 5.57. The highest BCUT2D eigenvalue weighted by atomic mass is 16.1. The van der Waals surface area contributed by atoms with Gasteiger partial charge in [0.2, 0.25) is 5.91 Å². The molecule has 0 radical (unpaired) electrons. The van der Waals surface area contributed by atoms with Gasteiger partial charge in [0.15, 0.2) is 0 Å². The van der Waals surface area contributed by atoms with E-state index >= 15 is 0 Å². The van der Waals surface area contributed by atoms with E-state index in [-0.39, 0.29) is 5.91 Å². The molecule has 0 bridgehead atoms. The van der Waals surface area contributed by atoms with Gasteiger partial charge >= 0.3 is 0 Å². The minimum atomic E-state index is 0.0490. The molecule has 0 aliphatic carbocycles. The van der Waals surface area contributed by atoms with Crippen LogP contribution in [0.2, 0.25) is 0 Å². The molecule has 1 aromatic rings. The Morgan fingerprint density at radius 3 is 2.23 bits per heavy atom. The number of amides is 1. The van der Waals surface area contributed by atoms with Crippen molar-refractivity contribution in [3.8, 4) is 0 Å². The molecule has 22 heavy (non-hydrogen) atoms. The van der Waals surface area contributed by atoms with Crippen LogP contribution in [0.4, 0.5) is 11.4 Å². The molecule has 0 saturated heterocycles. The largest absolute Gasteiger partial charge is 0.372 e. The number of carbonyl (C=O) groups is 1. The van der Waals surface area contributed by atoms with Gasteiger partial charge in [0.1, 0.15) is 0 Å². The van der Waals surface area contributed by atoms with Crippen molar-refractivity contribution in [1.29, 1.82) is 0 Å². The second-order valence-electron chi connectivity index (χ2n) is 5.57. The van der Waals surface area contributed by atoms with Crippen molar-refractivity contribution in [2.75, 3.05) is 57.0 Å². The van der Waals surface area contributed by atoms with E-state index in [0.717, 1.165) is 31.9 Å². The van der Waals surface area contributed by atoms with Crippen molar-refractivity contribution >= 4 is 17.3 Å². The summed E-state index contributed by atoms with van der Waals surface area (Å²) >= 11 is 0. The first-order valence-corrected chi connectivity index (χ1v) is 8.07. The Hall–Kier alpha value is -1.59. The summed E-state index contributed by atoms with van der Waals surface area (Å²) in [4.78, 5) is 16.3. The number of nitrogens with one attached hydrogen (secondary N) is 2. The molecule has 0 atom stereocenters. The Bertz CT molecular complexity index is 427. The first-order valence-electron chi connectivity index (χ1n) is 8.07. The second kappa shape index (κ2) is 10.2. The van der Waals surface area contributed by atoms with Gasteiger partial charge in [0.25, 0.3) is 0 Å². The Morgan fingerprint density at radius 2 is 1.68 bits per heavy atom. The molecule has 5 nitrogen and oxygen atoms in total. The lowest BCUT2D eigenvalue weighted by Gasteiger charge is -2.21. The summed E-state index contributed by atoms with van der Waals surface area (Å²) < 4.78 is 0. The molecule has 1 amide bonds. The first kappa shape index (κ1) is 18.5. The van der Waals surface area contributed by atoms with E-state index in [1.807, 2.05) is 26.2 Å². The Morgan fingerprint density at radius 1 is 1.05 bits per heavy atom. The van der Waals surface area contributed by atoms with E-state index in [2.05, 4.69) is 46.4 Å². The van der Waals surface area contributed by atoms with E-state index in [9.17, 15) is 4.79 Å². The highest BCUT2D eigenvalue weighted by molar-refractivity contribution is 5.91. The molecule has 5 heteroatoms. The smallest absolute Gasteiger partial charge is 0.225 e. The Labute approximate surface area is 134 Å². The molecule has 2 N–H and O–H groups in total. The normalized spacial score (nSPS) is 10.8. The van der Waals surface area contributed by atoms with E-state index in [1.54, 1.807) is 0 Å². The van der Waals surface area contributed by atoms with Gasteiger partial charge in [-0.15, -0.1) is 0 Å². The summed E-state index contributed by atoms with van der Waals surface area (Å²) in [7, 11) is 4.08. The SMILES string of the molecule is CCN(CC)c1ccc(NC(=O)CCNCCN(C)C)cc1. The molecular weight excluding hydrogens is 276 g/mol. The summed E-state index contributed by atoms with van der Waals surface area (Å²) in [5.74, 6) is 0.0490. The fourth-order valence-corrected chi connectivity index (χ4v) is 2.20. The maximum atomic E-state index is 11.9. The Kier molecular flexibility index (Phi) is 8.55. The van der Waals surface area contributed by atoms with Crippen molar-refractivity contribution in [2.45, 2.75) is 20.3 Å². The van der Waals surface area contributed by atoms with Crippen LogP contribution in [-0.2, 0) is 4.79 Å². The topological polar surface area (TPSA) is 47.6 Å². The minimum absolute atomic E-state index is 0.0490. The van der Waals surface area contributed by atoms with Gasteiger partial charge in [0.05, 0.1) is 0 Å². The molecule has 0 aromatic heterocycles. The quantitative estimate of drug-likeness (QED) is 0.649. The minimum Gasteiger partial charge on any atom is -0.372 e. The maximum Gasteiger partial charge on any atom is 0.225 e. The lowest BCUT2D eigenvalue weighted by molar-refractivity contribution is -0.116. The average molecular weight is 306 g/mol. The van der Waals surface area contributed by atoms with Gasteiger partial charge in [-0.05, 0) is 52.2 Å². The monoisotopic (exact) mass is 306 g/mol. The molecule has 0 fully saturated rings. The van der Waals surface area contributed by atoms with Crippen LogP contribution >= 0.6 is 0 Å². The van der Waals surface area contributed by atoms with Crippen LogP contribution in [-0.4, -0.2) is 57.6 Å². The van der Waals surface area contributed by atoms with Crippen molar-refractivity contribution < 1.29 is 4.79 Å². The number of nitrogens with zero attached hydrogens (tertiary/aromatic N) is 2. The zero-order valence-electron chi connectivity index (χ0n) is 14.4. The highest BCUT2D eigenvalue weighted by Gasteiger charge is 2.04. The predicted molar refractivity (Wildman–Crippen MR) is 94.7 cm³/mol. The number of benzene rings is 1. The van der Waals surface area contributed by atoms with Gasteiger partial charge in [-0.1, -0.05) is 0 Å². The molecule has 0 spiro atoms. The molecule has 1 rings (SSSR count). The third-order valence-electron chi connectivity index (χ3n) is 3.54. The van der Waals surface area contributed by atoms with Crippen LogP contribution in [0.3, 0.4) is 0 Å². The Balaban J connectivity index is 2.32. The van der Waals surface area contributed by atoms with Gasteiger partial charge in [-0.2, -0.15) is 0 Å². The van der Waals surface area contributed by atoms with Crippen LogP contribution in [0, 0.1) is 0 Å². The molecule has 0 unspecified atom stereocenters. The first-order chi connectivity index (χ1) is 10.6. The summed E-state index contributed by atoms with van der Waals surface area (Å²) in [5, 5.41) is 6.20. The van der Waals surface area contributed by atoms with Crippen molar-refractivity contribution in [3.63, 3.8) is 0 Å².